The first-order chi connectivity index (χ1) is 7.43. The van der Waals surface area contributed by atoms with E-state index in [1.807, 2.05) is 5.51 Å². The van der Waals surface area contributed by atoms with Gasteiger partial charge < -0.3 is 0 Å². The molecular formula is C9H6N4S2. The summed E-state index contributed by atoms with van der Waals surface area (Å²) in [6.07, 6.45) is 3.96. The van der Waals surface area contributed by atoms with Gasteiger partial charge in [-0.2, -0.15) is 0 Å². The van der Waals surface area contributed by atoms with Gasteiger partial charge in [-0.25, -0.2) is 4.98 Å². The van der Waals surface area contributed by atoms with Crippen LogP contribution in [0.4, 0.5) is 0 Å². The third-order valence-electron chi connectivity index (χ3n) is 2.71. The van der Waals surface area contributed by atoms with Gasteiger partial charge in [0.05, 0.1) is 16.1 Å². The van der Waals surface area contributed by atoms with Crippen molar-refractivity contribution in [3.8, 4) is 10.6 Å². The number of rotatable bonds is 0. The van der Waals surface area contributed by atoms with E-state index in [0.29, 0.717) is 0 Å². The number of aromatic nitrogens is 4. The largest absolute Gasteiger partial charge is 0.276 e. The molecule has 0 aliphatic heterocycles. The Bertz CT molecular complexity index is 648. The molecule has 0 saturated carbocycles. The summed E-state index contributed by atoms with van der Waals surface area (Å²) in [5, 5.41) is 8.01. The molecule has 4 nitrogen and oxygen atoms in total. The van der Waals surface area contributed by atoms with Crippen LogP contribution in [0, 0.1) is 0 Å². The molecule has 0 saturated heterocycles. The molecule has 4 rings (SSSR count). The second kappa shape index (κ2) is 2.65. The van der Waals surface area contributed by atoms with Gasteiger partial charge in [0.2, 0.25) is 4.96 Å². The first-order valence-corrected chi connectivity index (χ1v) is 6.37. The average Bonchev–Trinajstić information content (AvgIpc) is 2.90. The van der Waals surface area contributed by atoms with Crippen molar-refractivity contribution in [2.24, 2.45) is 0 Å². The van der Waals surface area contributed by atoms with Crippen molar-refractivity contribution in [2.45, 2.75) is 12.8 Å². The van der Waals surface area contributed by atoms with Crippen molar-refractivity contribution in [2.75, 3.05) is 0 Å². The predicted molar refractivity (Wildman–Crippen MR) is 59.4 cm³/mol. The van der Waals surface area contributed by atoms with E-state index in [1.165, 1.54) is 15.4 Å². The zero-order valence-corrected chi connectivity index (χ0v) is 9.31. The van der Waals surface area contributed by atoms with Crippen LogP contribution in [0.15, 0.2) is 11.8 Å². The van der Waals surface area contributed by atoms with Gasteiger partial charge in [0.1, 0.15) is 6.33 Å². The van der Waals surface area contributed by atoms with Crippen molar-refractivity contribution in [3.63, 3.8) is 0 Å². The van der Waals surface area contributed by atoms with Crippen LogP contribution >= 0.6 is 22.7 Å². The van der Waals surface area contributed by atoms with Crippen LogP contribution in [-0.2, 0) is 12.8 Å². The summed E-state index contributed by atoms with van der Waals surface area (Å²) in [5.41, 5.74) is 4.41. The maximum atomic E-state index is 4.44. The van der Waals surface area contributed by atoms with Crippen LogP contribution in [0.25, 0.3) is 15.5 Å². The second-order valence-corrected chi connectivity index (χ2v) is 5.40. The summed E-state index contributed by atoms with van der Waals surface area (Å²) >= 11 is 3.44. The molecule has 0 atom stereocenters. The number of fused-ring (bicyclic) bond motifs is 5. The van der Waals surface area contributed by atoms with E-state index < -0.39 is 0 Å². The Morgan fingerprint density at radius 3 is 3.33 bits per heavy atom. The molecule has 1 aliphatic carbocycles. The molecule has 0 bridgehead atoms. The Balaban J connectivity index is 2.14. The van der Waals surface area contributed by atoms with Gasteiger partial charge >= 0.3 is 0 Å². The highest BCUT2D eigenvalue weighted by atomic mass is 32.1. The first-order valence-electron chi connectivity index (χ1n) is 4.67. The van der Waals surface area contributed by atoms with Crippen molar-refractivity contribution < 1.29 is 0 Å². The first kappa shape index (κ1) is 7.95. The maximum absolute atomic E-state index is 4.44. The molecule has 3 aromatic rings. The highest BCUT2D eigenvalue weighted by Gasteiger charge is 2.23. The number of thiazole rings is 2. The van der Waals surface area contributed by atoms with Gasteiger partial charge in [0.15, 0.2) is 0 Å². The standard InChI is InChI=1S/C9H6N4S2/c1-2-6-7(10-4-14-6)8-5(1)13-3-11-12-9(13)15-8/h3-4H,1-2H2. The quantitative estimate of drug-likeness (QED) is 0.597. The van der Waals surface area contributed by atoms with Crippen molar-refractivity contribution in [1.29, 1.82) is 0 Å². The Morgan fingerprint density at radius 2 is 2.33 bits per heavy atom. The van der Waals surface area contributed by atoms with E-state index >= 15 is 0 Å². The minimum Gasteiger partial charge on any atom is -0.276 e. The maximum Gasteiger partial charge on any atom is 0.216 e. The van der Waals surface area contributed by atoms with Gasteiger partial charge in [-0.3, -0.25) is 4.40 Å². The fraction of sp³-hybridized carbons (Fsp3) is 0.222. The lowest BCUT2D eigenvalue weighted by Crippen LogP contribution is -2.02. The molecule has 0 N–H and O–H groups in total. The number of hydrogen-bond acceptors (Lipinski definition) is 5. The summed E-state index contributed by atoms with van der Waals surface area (Å²) < 4.78 is 2.09. The Labute approximate surface area is 93.2 Å². The molecule has 3 aromatic heterocycles. The fourth-order valence-electron chi connectivity index (χ4n) is 2.02. The average molecular weight is 234 g/mol. The van der Waals surface area contributed by atoms with Crippen molar-refractivity contribution in [1.82, 2.24) is 19.6 Å². The lowest BCUT2D eigenvalue weighted by atomic mass is 10.1. The molecule has 0 unspecified atom stereocenters. The highest BCUT2D eigenvalue weighted by molar-refractivity contribution is 7.20. The summed E-state index contributed by atoms with van der Waals surface area (Å²) in [7, 11) is 0. The number of hydrogen-bond donors (Lipinski definition) is 0. The molecule has 0 aromatic carbocycles. The van der Waals surface area contributed by atoms with Crippen molar-refractivity contribution in [3.05, 3.63) is 22.4 Å². The molecule has 6 heteroatoms. The minimum absolute atomic E-state index is 0.973. The van der Waals surface area contributed by atoms with E-state index in [4.69, 9.17) is 0 Å². The van der Waals surface area contributed by atoms with E-state index in [1.54, 1.807) is 29.0 Å². The summed E-state index contributed by atoms with van der Waals surface area (Å²) in [6, 6.07) is 0. The normalized spacial score (nSPS) is 14.1. The summed E-state index contributed by atoms with van der Waals surface area (Å²) in [5.74, 6) is 0. The highest BCUT2D eigenvalue weighted by Crippen LogP contribution is 2.39. The summed E-state index contributed by atoms with van der Waals surface area (Å²) in [6.45, 7) is 0. The minimum atomic E-state index is 0.973. The van der Waals surface area contributed by atoms with E-state index in [0.717, 1.165) is 23.5 Å². The number of aryl methyl sites for hydroxylation is 2. The fourth-order valence-corrected chi connectivity index (χ4v) is 3.98. The SMILES string of the molecule is c1nc2c(s1)CCc1c-2sc2nncn12. The second-order valence-electron chi connectivity index (χ2n) is 3.49. The topological polar surface area (TPSA) is 43.1 Å². The van der Waals surface area contributed by atoms with Gasteiger partial charge in [0, 0.05) is 10.6 Å². The Hall–Kier alpha value is -1.27. The van der Waals surface area contributed by atoms with Gasteiger partial charge in [-0.15, -0.1) is 21.5 Å². The van der Waals surface area contributed by atoms with E-state index in [-0.39, 0.29) is 0 Å². The van der Waals surface area contributed by atoms with Crippen molar-refractivity contribution >= 4 is 27.6 Å². The van der Waals surface area contributed by atoms with Gasteiger partial charge in [-0.05, 0) is 12.8 Å². The molecule has 0 fully saturated rings. The molecule has 15 heavy (non-hydrogen) atoms. The molecule has 0 amide bonds. The molecular weight excluding hydrogens is 228 g/mol. The van der Waals surface area contributed by atoms with Crippen LogP contribution in [0.3, 0.4) is 0 Å². The molecule has 74 valence electrons. The van der Waals surface area contributed by atoms with E-state index in [2.05, 4.69) is 19.6 Å². The predicted octanol–water partition coefficient (Wildman–Crippen LogP) is 2.01. The zero-order chi connectivity index (χ0) is 9.83. The zero-order valence-electron chi connectivity index (χ0n) is 7.67. The lowest BCUT2D eigenvalue weighted by Gasteiger charge is -2.09. The van der Waals surface area contributed by atoms with E-state index in [9.17, 15) is 0 Å². The monoisotopic (exact) mass is 234 g/mol. The third kappa shape index (κ3) is 0.929. The van der Waals surface area contributed by atoms with Crippen LogP contribution in [0.5, 0.6) is 0 Å². The molecule has 3 heterocycles. The van der Waals surface area contributed by atoms with Crippen LogP contribution < -0.4 is 0 Å². The molecule has 0 radical (unpaired) electrons. The van der Waals surface area contributed by atoms with Crippen LogP contribution in [0.1, 0.15) is 10.6 Å². The Kier molecular flexibility index (Phi) is 1.40. The van der Waals surface area contributed by atoms with Gasteiger partial charge in [0.25, 0.3) is 0 Å². The van der Waals surface area contributed by atoms with Crippen LogP contribution in [-0.4, -0.2) is 19.6 Å². The number of nitrogens with zero attached hydrogens (tertiary/aromatic N) is 4. The molecule has 0 spiro atoms. The van der Waals surface area contributed by atoms with Gasteiger partial charge in [-0.1, -0.05) is 11.3 Å². The Morgan fingerprint density at radius 1 is 1.33 bits per heavy atom. The molecule has 1 aliphatic rings. The van der Waals surface area contributed by atoms with Crippen LogP contribution in [0.2, 0.25) is 0 Å². The smallest absolute Gasteiger partial charge is 0.216 e. The lowest BCUT2D eigenvalue weighted by molar-refractivity contribution is 0.890. The summed E-state index contributed by atoms with van der Waals surface area (Å²) in [4.78, 5) is 8.10. The third-order valence-corrected chi connectivity index (χ3v) is 4.69.